The summed E-state index contributed by atoms with van der Waals surface area (Å²) >= 11 is 1.52. The first-order valence-corrected chi connectivity index (χ1v) is 11.0. The van der Waals surface area contributed by atoms with Crippen molar-refractivity contribution in [2.75, 3.05) is 39.3 Å². The van der Waals surface area contributed by atoms with Crippen molar-refractivity contribution >= 4 is 39.3 Å². The molecular formula is C19H23N3O4S2. The molecule has 0 radical (unpaired) electrons. The Hall–Kier alpha value is -2.36. The Kier molecular flexibility index (Phi) is 7.22. The van der Waals surface area contributed by atoms with Gasteiger partial charge in [0.2, 0.25) is 15.9 Å². The number of benzene rings is 2. The maximum atomic E-state index is 12.6. The first-order chi connectivity index (χ1) is 13.1. The van der Waals surface area contributed by atoms with Gasteiger partial charge >= 0.3 is 0 Å². The molecule has 2 aromatic carbocycles. The number of anilines is 1. The van der Waals surface area contributed by atoms with Crippen LogP contribution in [0.5, 0.6) is 0 Å². The van der Waals surface area contributed by atoms with Crippen LogP contribution in [0, 0.1) is 0 Å². The Morgan fingerprint density at radius 2 is 1.54 bits per heavy atom. The van der Waals surface area contributed by atoms with Gasteiger partial charge in [0.1, 0.15) is 0 Å². The smallest absolute Gasteiger partial charge is 0.253 e. The minimum absolute atomic E-state index is 0.132. The number of nitrogens with zero attached hydrogens (tertiary/aromatic N) is 2. The summed E-state index contributed by atoms with van der Waals surface area (Å²) in [4.78, 5) is 26.6. The summed E-state index contributed by atoms with van der Waals surface area (Å²) in [7, 11) is 0.903. The number of rotatable bonds is 7. The predicted molar refractivity (Wildman–Crippen MR) is 111 cm³/mol. The number of carbonyl (C=O) groups is 2. The predicted octanol–water partition coefficient (Wildman–Crippen LogP) is 2.37. The van der Waals surface area contributed by atoms with Gasteiger partial charge in [0.05, 0.1) is 11.4 Å². The van der Waals surface area contributed by atoms with Gasteiger partial charge in [0, 0.05) is 37.3 Å². The van der Waals surface area contributed by atoms with Gasteiger partial charge in [-0.05, 0) is 54.8 Å². The molecule has 0 atom stereocenters. The van der Waals surface area contributed by atoms with E-state index in [1.165, 1.54) is 35.8 Å². The Labute approximate surface area is 169 Å². The van der Waals surface area contributed by atoms with Crippen molar-refractivity contribution in [2.24, 2.45) is 0 Å². The highest BCUT2D eigenvalue weighted by Crippen LogP contribution is 2.20. The molecule has 0 aliphatic rings. The second kappa shape index (κ2) is 9.22. The largest absolute Gasteiger partial charge is 0.345 e. The van der Waals surface area contributed by atoms with Crippen LogP contribution in [0.15, 0.2) is 58.3 Å². The van der Waals surface area contributed by atoms with E-state index in [1.807, 2.05) is 6.26 Å². The van der Waals surface area contributed by atoms with Crippen LogP contribution < -0.4 is 5.32 Å². The lowest BCUT2D eigenvalue weighted by atomic mass is 10.2. The van der Waals surface area contributed by atoms with Gasteiger partial charge in [-0.3, -0.25) is 9.59 Å². The third kappa shape index (κ3) is 5.34. The van der Waals surface area contributed by atoms with Crippen molar-refractivity contribution in [3.63, 3.8) is 0 Å². The normalized spacial score (nSPS) is 11.3. The first kappa shape index (κ1) is 21.9. The number of likely N-dealkylation sites (N-methyl/N-ethyl adjacent to an activating group) is 1. The highest BCUT2D eigenvalue weighted by molar-refractivity contribution is 7.98. The number of carbonyl (C=O) groups excluding carboxylic acids is 2. The van der Waals surface area contributed by atoms with Gasteiger partial charge in [-0.15, -0.1) is 11.8 Å². The van der Waals surface area contributed by atoms with E-state index in [0.717, 1.165) is 9.20 Å². The van der Waals surface area contributed by atoms with E-state index in [2.05, 4.69) is 5.32 Å². The standard InChI is InChI=1S/C19H23N3O4S2/c1-21(2)19(24)14-5-7-15(8-6-14)20-18(23)13-22(3)28(25,26)17-11-9-16(27-4)10-12-17/h5-12H,13H2,1-4H3,(H,20,23). The van der Waals surface area contributed by atoms with Crippen LogP contribution in [-0.4, -0.2) is 63.4 Å². The maximum Gasteiger partial charge on any atom is 0.253 e. The summed E-state index contributed by atoms with van der Waals surface area (Å²) in [5.74, 6) is -0.616. The van der Waals surface area contributed by atoms with E-state index in [0.29, 0.717) is 11.3 Å². The molecule has 0 aromatic heterocycles. The van der Waals surface area contributed by atoms with E-state index in [4.69, 9.17) is 0 Å². The van der Waals surface area contributed by atoms with Crippen LogP contribution in [0.25, 0.3) is 0 Å². The van der Waals surface area contributed by atoms with Crippen molar-refractivity contribution in [3.8, 4) is 0 Å². The van der Waals surface area contributed by atoms with Crippen molar-refractivity contribution < 1.29 is 18.0 Å². The average molecular weight is 422 g/mol. The Balaban J connectivity index is 2.02. The van der Waals surface area contributed by atoms with Crippen LogP contribution in [-0.2, 0) is 14.8 Å². The highest BCUT2D eigenvalue weighted by atomic mass is 32.2. The molecule has 2 rings (SSSR count). The SMILES string of the molecule is CSc1ccc(S(=O)(=O)N(C)CC(=O)Nc2ccc(C(=O)N(C)C)cc2)cc1. The third-order valence-electron chi connectivity index (χ3n) is 3.96. The molecule has 1 N–H and O–H groups in total. The zero-order valence-electron chi connectivity index (χ0n) is 16.2. The quantitative estimate of drug-likeness (QED) is 0.694. The number of thioether (sulfide) groups is 1. The molecular weight excluding hydrogens is 398 g/mol. The monoisotopic (exact) mass is 421 g/mol. The second-order valence-corrected chi connectivity index (χ2v) is 9.19. The maximum absolute atomic E-state index is 12.6. The third-order valence-corrected chi connectivity index (χ3v) is 6.52. The van der Waals surface area contributed by atoms with Gasteiger partial charge in [0.25, 0.3) is 5.91 Å². The summed E-state index contributed by atoms with van der Waals surface area (Å²) in [6, 6.07) is 12.9. The van der Waals surface area contributed by atoms with E-state index < -0.39 is 15.9 Å². The average Bonchev–Trinajstić information content (AvgIpc) is 2.67. The number of hydrogen-bond acceptors (Lipinski definition) is 5. The lowest BCUT2D eigenvalue weighted by Gasteiger charge is -2.17. The van der Waals surface area contributed by atoms with E-state index in [-0.39, 0.29) is 17.3 Å². The molecule has 2 amide bonds. The summed E-state index contributed by atoms with van der Waals surface area (Å²) in [6.45, 7) is -0.328. The number of amides is 2. The zero-order chi connectivity index (χ0) is 20.9. The number of nitrogens with one attached hydrogen (secondary N) is 1. The molecule has 0 saturated heterocycles. The lowest BCUT2D eigenvalue weighted by Crippen LogP contribution is -2.35. The molecule has 0 aliphatic carbocycles. The van der Waals surface area contributed by atoms with Crippen molar-refractivity contribution in [1.29, 1.82) is 0 Å². The first-order valence-electron chi connectivity index (χ1n) is 8.37. The molecule has 0 bridgehead atoms. The fraction of sp³-hybridized carbons (Fsp3) is 0.263. The van der Waals surface area contributed by atoms with E-state index >= 15 is 0 Å². The summed E-state index contributed by atoms with van der Waals surface area (Å²) < 4.78 is 26.2. The van der Waals surface area contributed by atoms with Gasteiger partial charge in [-0.2, -0.15) is 4.31 Å². The van der Waals surface area contributed by atoms with Gasteiger partial charge in [0.15, 0.2) is 0 Å². The van der Waals surface area contributed by atoms with Gasteiger partial charge < -0.3 is 10.2 Å². The van der Waals surface area contributed by atoms with Crippen LogP contribution in [0.2, 0.25) is 0 Å². The molecule has 28 heavy (non-hydrogen) atoms. The van der Waals surface area contributed by atoms with Crippen molar-refractivity contribution in [3.05, 3.63) is 54.1 Å². The van der Waals surface area contributed by atoms with Crippen LogP contribution in [0.4, 0.5) is 5.69 Å². The molecule has 0 spiro atoms. The van der Waals surface area contributed by atoms with Crippen LogP contribution >= 0.6 is 11.8 Å². The Morgan fingerprint density at radius 3 is 2.04 bits per heavy atom. The Bertz CT molecular complexity index is 940. The van der Waals surface area contributed by atoms with Crippen LogP contribution in [0.3, 0.4) is 0 Å². The fourth-order valence-corrected chi connectivity index (χ4v) is 3.91. The molecule has 2 aromatic rings. The second-order valence-electron chi connectivity index (χ2n) is 6.26. The van der Waals surface area contributed by atoms with Crippen LogP contribution in [0.1, 0.15) is 10.4 Å². The zero-order valence-corrected chi connectivity index (χ0v) is 17.8. The molecule has 7 nitrogen and oxygen atoms in total. The minimum Gasteiger partial charge on any atom is -0.345 e. The van der Waals surface area contributed by atoms with E-state index in [9.17, 15) is 18.0 Å². The van der Waals surface area contributed by atoms with E-state index in [1.54, 1.807) is 50.5 Å². The molecule has 0 unspecified atom stereocenters. The van der Waals surface area contributed by atoms with Crippen molar-refractivity contribution in [2.45, 2.75) is 9.79 Å². The molecule has 150 valence electrons. The lowest BCUT2D eigenvalue weighted by molar-refractivity contribution is -0.116. The molecule has 0 aliphatic heterocycles. The number of sulfonamides is 1. The molecule has 0 fully saturated rings. The summed E-state index contributed by atoms with van der Waals surface area (Å²) in [5.41, 5.74) is 0.979. The fourth-order valence-electron chi connectivity index (χ4n) is 2.37. The minimum atomic E-state index is -3.77. The van der Waals surface area contributed by atoms with Gasteiger partial charge in [-0.25, -0.2) is 8.42 Å². The summed E-state index contributed by atoms with van der Waals surface area (Å²) in [5, 5.41) is 2.64. The molecule has 9 heteroatoms. The summed E-state index contributed by atoms with van der Waals surface area (Å²) in [6.07, 6.45) is 1.91. The molecule has 0 saturated carbocycles. The number of hydrogen-bond donors (Lipinski definition) is 1. The highest BCUT2D eigenvalue weighted by Gasteiger charge is 2.23. The van der Waals surface area contributed by atoms with Crippen molar-refractivity contribution in [1.82, 2.24) is 9.21 Å². The topological polar surface area (TPSA) is 86.8 Å². The molecule has 0 heterocycles. The Morgan fingerprint density at radius 1 is 0.964 bits per heavy atom. The van der Waals surface area contributed by atoms with Gasteiger partial charge in [-0.1, -0.05) is 0 Å².